The molecule has 2 heterocycles. The van der Waals surface area contributed by atoms with E-state index in [1.54, 1.807) is 28.4 Å². The molecule has 0 aliphatic rings. The van der Waals surface area contributed by atoms with E-state index in [4.69, 9.17) is 0 Å². The van der Waals surface area contributed by atoms with Gasteiger partial charge in [-0.3, -0.25) is 0 Å². The highest BCUT2D eigenvalue weighted by atomic mass is 79.9. The van der Waals surface area contributed by atoms with Crippen molar-refractivity contribution in [1.29, 1.82) is 0 Å². The minimum atomic E-state index is 0.885. The van der Waals surface area contributed by atoms with Gasteiger partial charge < -0.3 is 0 Å². The van der Waals surface area contributed by atoms with Gasteiger partial charge in [-0.15, -0.1) is 11.3 Å². The standard InChI is InChI=1S/C6H4BrN3S/c7-5-3-9-10(4-5)6-8-1-2-11-6/h1-4H. The maximum atomic E-state index is 4.10. The molecule has 11 heavy (non-hydrogen) atoms. The molecule has 0 aliphatic heterocycles. The van der Waals surface area contributed by atoms with E-state index in [9.17, 15) is 0 Å². The molecule has 0 saturated carbocycles. The number of thiazole rings is 1. The summed E-state index contributed by atoms with van der Waals surface area (Å²) in [6.45, 7) is 0. The molecule has 0 amide bonds. The van der Waals surface area contributed by atoms with Gasteiger partial charge in [-0.1, -0.05) is 0 Å². The Morgan fingerprint density at radius 2 is 2.45 bits per heavy atom. The molecule has 2 aromatic heterocycles. The van der Waals surface area contributed by atoms with Crippen LogP contribution in [0.1, 0.15) is 0 Å². The zero-order valence-corrected chi connectivity index (χ0v) is 7.84. The van der Waals surface area contributed by atoms with Crippen molar-refractivity contribution in [1.82, 2.24) is 14.8 Å². The number of hydrogen-bond acceptors (Lipinski definition) is 3. The van der Waals surface area contributed by atoms with Gasteiger partial charge in [0.25, 0.3) is 0 Å². The predicted molar refractivity (Wildman–Crippen MR) is 46.9 cm³/mol. The highest BCUT2D eigenvalue weighted by Gasteiger charge is 1.99. The van der Waals surface area contributed by atoms with Gasteiger partial charge in [-0.2, -0.15) is 5.10 Å². The summed E-state index contributed by atoms with van der Waals surface area (Å²) in [5.74, 6) is 0. The van der Waals surface area contributed by atoms with Gasteiger partial charge in [0, 0.05) is 17.8 Å². The summed E-state index contributed by atoms with van der Waals surface area (Å²) in [5.41, 5.74) is 0. The molecule has 0 saturated heterocycles. The number of hydrogen-bond donors (Lipinski definition) is 0. The summed E-state index contributed by atoms with van der Waals surface area (Å²) in [5, 5.41) is 6.88. The summed E-state index contributed by atoms with van der Waals surface area (Å²) in [7, 11) is 0. The Morgan fingerprint density at radius 1 is 1.55 bits per heavy atom. The first kappa shape index (κ1) is 7.00. The molecule has 0 N–H and O–H groups in total. The quantitative estimate of drug-likeness (QED) is 0.750. The van der Waals surface area contributed by atoms with Crippen molar-refractivity contribution in [3.05, 3.63) is 28.4 Å². The number of rotatable bonds is 1. The average molecular weight is 230 g/mol. The van der Waals surface area contributed by atoms with E-state index in [0.717, 1.165) is 9.60 Å². The maximum absolute atomic E-state index is 4.10. The lowest BCUT2D eigenvalue weighted by atomic mass is 10.7. The fourth-order valence-electron chi connectivity index (χ4n) is 0.735. The molecule has 0 fully saturated rings. The molecular weight excluding hydrogens is 226 g/mol. The molecule has 2 aromatic rings. The molecule has 0 spiro atoms. The summed E-state index contributed by atoms with van der Waals surface area (Å²) < 4.78 is 2.70. The molecule has 0 bridgehead atoms. The first-order chi connectivity index (χ1) is 5.36. The van der Waals surface area contributed by atoms with E-state index in [1.807, 2.05) is 11.6 Å². The fraction of sp³-hybridized carbons (Fsp3) is 0. The van der Waals surface area contributed by atoms with E-state index in [0.29, 0.717) is 0 Å². The summed E-state index contributed by atoms with van der Waals surface area (Å²) >= 11 is 4.87. The average Bonchev–Trinajstić information content (AvgIpc) is 2.55. The van der Waals surface area contributed by atoms with Gasteiger partial charge in [0.2, 0.25) is 5.13 Å². The molecule has 0 aromatic carbocycles. The van der Waals surface area contributed by atoms with E-state index >= 15 is 0 Å². The number of nitrogens with zero attached hydrogens (tertiary/aromatic N) is 3. The highest BCUT2D eigenvalue weighted by Crippen LogP contribution is 2.13. The normalized spacial score (nSPS) is 10.3. The van der Waals surface area contributed by atoms with Crippen LogP contribution >= 0.6 is 27.3 Å². The van der Waals surface area contributed by atoms with Crippen molar-refractivity contribution in [2.45, 2.75) is 0 Å². The van der Waals surface area contributed by atoms with Gasteiger partial charge in [0.1, 0.15) is 0 Å². The van der Waals surface area contributed by atoms with E-state index < -0.39 is 0 Å². The van der Waals surface area contributed by atoms with Crippen LogP contribution in [0, 0.1) is 0 Å². The van der Waals surface area contributed by atoms with Crippen LogP contribution in [0.25, 0.3) is 5.13 Å². The Hall–Kier alpha value is -0.680. The van der Waals surface area contributed by atoms with Crippen molar-refractivity contribution >= 4 is 27.3 Å². The van der Waals surface area contributed by atoms with Crippen molar-refractivity contribution < 1.29 is 0 Å². The van der Waals surface area contributed by atoms with Crippen LogP contribution in [0.4, 0.5) is 0 Å². The fourth-order valence-corrected chi connectivity index (χ4v) is 1.59. The van der Waals surface area contributed by atoms with Crippen molar-refractivity contribution in [3.8, 4) is 5.13 Å². The van der Waals surface area contributed by atoms with Crippen LogP contribution in [0.15, 0.2) is 28.4 Å². The molecule has 3 nitrogen and oxygen atoms in total. The molecule has 56 valence electrons. The third kappa shape index (κ3) is 1.34. The SMILES string of the molecule is Brc1cnn(-c2nccs2)c1. The molecule has 0 atom stereocenters. The van der Waals surface area contributed by atoms with Crippen LogP contribution < -0.4 is 0 Å². The lowest BCUT2D eigenvalue weighted by Gasteiger charge is -1.90. The van der Waals surface area contributed by atoms with Crippen LogP contribution in [-0.2, 0) is 0 Å². The molecule has 0 aliphatic carbocycles. The van der Waals surface area contributed by atoms with Crippen LogP contribution in [0.3, 0.4) is 0 Å². The first-order valence-corrected chi connectivity index (χ1v) is 4.63. The van der Waals surface area contributed by atoms with Gasteiger partial charge >= 0.3 is 0 Å². The number of aromatic nitrogens is 3. The van der Waals surface area contributed by atoms with Crippen molar-refractivity contribution in [2.75, 3.05) is 0 Å². The lowest BCUT2D eigenvalue weighted by molar-refractivity contribution is 0.869. The lowest BCUT2D eigenvalue weighted by Crippen LogP contribution is -1.91. The zero-order chi connectivity index (χ0) is 7.68. The second-order valence-electron chi connectivity index (χ2n) is 1.92. The topological polar surface area (TPSA) is 30.7 Å². The molecule has 0 unspecified atom stereocenters. The van der Waals surface area contributed by atoms with Gasteiger partial charge in [0.15, 0.2) is 0 Å². The Labute approximate surface area is 75.8 Å². The molecule has 2 rings (SSSR count). The monoisotopic (exact) mass is 229 g/mol. The third-order valence-electron chi connectivity index (χ3n) is 1.17. The Morgan fingerprint density at radius 3 is 3.00 bits per heavy atom. The maximum Gasteiger partial charge on any atom is 0.210 e. The van der Waals surface area contributed by atoms with Crippen LogP contribution in [-0.4, -0.2) is 14.8 Å². The third-order valence-corrected chi connectivity index (χ3v) is 2.34. The van der Waals surface area contributed by atoms with Gasteiger partial charge in [0.05, 0.1) is 10.7 Å². The smallest absolute Gasteiger partial charge is 0.210 e. The van der Waals surface area contributed by atoms with Crippen LogP contribution in [0.5, 0.6) is 0 Å². The minimum absolute atomic E-state index is 0.885. The van der Waals surface area contributed by atoms with Crippen molar-refractivity contribution in [3.63, 3.8) is 0 Å². The molecular formula is C6H4BrN3S. The zero-order valence-electron chi connectivity index (χ0n) is 5.44. The van der Waals surface area contributed by atoms with E-state index in [-0.39, 0.29) is 0 Å². The van der Waals surface area contributed by atoms with Gasteiger partial charge in [-0.25, -0.2) is 9.67 Å². The summed E-state index contributed by atoms with van der Waals surface area (Å²) in [4.78, 5) is 4.10. The molecule has 5 heteroatoms. The Kier molecular flexibility index (Phi) is 1.75. The van der Waals surface area contributed by atoms with Crippen molar-refractivity contribution in [2.24, 2.45) is 0 Å². The Bertz CT molecular complexity index is 340. The summed E-state index contributed by atoms with van der Waals surface area (Å²) in [6, 6.07) is 0. The van der Waals surface area contributed by atoms with E-state index in [1.165, 1.54) is 0 Å². The summed E-state index contributed by atoms with van der Waals surface area (Å²) in [6.07, 6.45) is 5.37. The minimum Gasteiger partial charge on any atom is -0.227 e. The second kappa shape index (κ2) is 2.75. The number of halogens is 1. The van der Waals surface area contributed by atoms with E-state index in [2.05, 4.69) is 26.0 Å². The predicted octanol–water partition coefficient (Wildman–Crippen LogP) is 2.09. The molecule has 0 radical (unpaired) electrons. The Balaban J connectivity index is 2.45. The first-order valence-electron chi connectivity index (χ1n) is 2.96. The second-order valence-corrected chi connectivity index (χ2v) is 3.71. The van der Waals surface area contributed by atoms with Gasteiger partial charge in [-0.05, 0) is 15.9 Å². The largest absolute Gasteiger partial charge is 0.227 e. The van der Waals surface area contributed by atoms with Crippen LogP contribution in [0.2, 0.25) is 0 Å². The highest BCUT2D eigenvalue weighted by molar-refractivity contribution is 9.10.